The number of fused-ring (bicyclic) bond motifs is 1. The first-order valence-corrected chi connectivity index (χ1v) is 9.87. The van der Waals surface area contributed by atoms with Crippen LogP contribution in [-0.2, 0) is 11.8 Å². The average molecular weight is 399 g/mol. The minimum absolute atomic E-state index is 0.0413. The molecule has 0 unspecified atom stereocenters. The molecule has 1 fully saturated rings. The van der Waals surface area contributed by atoms with Gasteiger partial charge in [0, 0.05) is 48.9 Å². The van der Waals surface area contributed by atoms with Gasteiger partial charge in [-0.2, -0.15) is 0 Å². The Balaban J connectivity index is 1.56. The Morgan fingerprint density at radius 1 is 1.07 bits per heavy atom. The molecule has 0 radical (unpaired) electrons. The number of aromatic nitrogens is 5. The standard InChI is InChI=1S/C22H21N7O/c1-23-21-18-11-24-20(26-22(30)15-7-8-15)9-16(18)17(10-25-21)13-3-5-14(6-4-13)19-12-29(2)28-27-19/h3-6,9-12,15H,7-8H2,1-2H3,(H,23,25)(H,24,26,30). The van der Waals surface area contributed by atoms with Crippen LogP contribution in [0.1, 0.15) is 12.8 Å². The summed E-state index contributed by atoms with van der Waals surface area (Å²) in [6.45, 7) is 0. The Morgan fingerprint density at radius 3 is 2.50 bits per heavy atom. The maximum atomic E-state index is 12.2. The molecule has 1 aliphatic rings. The number of amides is 1. The molecule has 0 atom stereocenters. The third-order valence-electron chi connectivity index (χ3n) is 5.30. The number of carbonyl (C=O) groups excluding carboxylic acids is 1. The first-order chi connectivity index (χ1) is 14.6. The normalized spacial score (nSPS) is 13.4. The quantitative estimate of drug-likeness (QED) is 0.533. The van der Waals surface area contributed by atoms with Gasteiger partial charge in [0.1, 0.15) is 17.3 Å². The molecule has 8 nitrogen and oxygen atoms in total. The predicted octanol–water partition coefficient (Wildman–Crippen LogP) is 3.48. The monoisotopic (exact) mass is 399 g/mol. The van der Waals surface area contributed by atoms with E-state index in [9.17, 15) is 4.79 Å². The number of anilines is 2. The lowest BCUT2D eigenvalue weighted by Crippen LogP contribution is -2.14. The van der Waals surface area contributed by atoms with Crippen molar-refractivity contribution >= 4 is 28.3 Å². The van der Waals surface area contributed by atoms with Crippen LogP contribution in [0.5, 0.6) is 0 Å². The van der Waals surface area contributed by atoms with Crippen LogP contribution in [0.4, 0.5) is 11.6 Å². The summed E-state index contributed by atoms with van der Waals surface area (Å²) in [5, 5.41) is 16.1. The van der Waals surface area contributed by atoms with Crippen LogP contribution in [0.15, 0.2) is 48.9 Å². The molecule has 30 heavy (non-hydrogen) atoms. The second kappa shape index (κ2) is 7.22. The molecular weight excluding hydrogens is 378 g/mol. The second-order valence-corrected chi connectivity index (χ2v) is 7.50. The van der Waals surface area contributed by atoms with E-state index in [1.807, 2.05) is 56.8 Å². The minimum Gasteiger partial charge on any atom is -0.373 e. The van der Waals surface area contributed by atoms with Gasteiger partial charge in [0.2, 0.25) is 5.91 Å². The molecule has 1 saturated carbocycles. The van der Waals surface area contributed by atoms with Crippen molar-refractivity contribution in [2.45, 2.75) is 12.8 Å². The van der Waals surface area contributed by atoms with E-state index in [1.165, 1.54) is 0 Å². The summed E-state index contributed by atoms with van der Waals surface area (Å²) in [7, 11) is 3.68. The molecule has 1 amide bonds. The second-order valence-electron chi connectivity index (χ2n) is 7.50. The minimum atomic E-state index is 0.0413. The first kappa shape index (κ1) is 18.2. The summed E-state index contributed by atoms with van der Waals surface area (Å²) in [5.74, 6) is 1.48. The van der Waals surface area contributed by atoms with E-state index in [-0.39, 0.29) is 11.8 Å². The van der Waals surface area contributed by atoms with Gasteiger partial charge < -0.3 is 10.6 Å². The van der Waals surface area contributed by atoms with Crippen LogP contribution in [-0.4, -0.2) is 37.9 Å². The molecule has 1 aromatic carbocycles. The number of hydrogen-bond acceptors (Lipinski definition) is 6. The third-order valence-corrected chi connectivity index (χ3v) is 5.30. The fourth-order valence-electron chi connectivity index (χ4n) is 3.51. The van der Waals surface area contributed by atoms with Gasteiger partial charge in [0.05, 0.1) is 6.20 Å². The van der Waals surface area contributed by atoms with Crippen LogP contribution >= 0.6 is 0 Å². The number of hydrogen-bond donors (Lipinski definition) is 2. The highest BCUT2D eigenvalue weighted by molar-refractivity contribution is 6.04. The van der Waals surface area contributed by atoms with E-state index in [4.69, 9.17) is 0 Å². The van der Waals surface area contributed by atoms with Gasteiger partial charge in [-0.05, 0) is 29.9 Å². The van der Waals surface area contributed by atoms with Gasteiger partial charge in [-0.1, -0.05) is 29.5 Å². The largest absolute Gasteiger partial charge is 0.373 e. The topological polar surface area (TPSA) is 97.6 Å². The Hall–Kier alpha value is -3.81. The van der Waals surface area contributed by atoms with Crippen molar-refractivity contribution in [2.75, 3.05) is 17.7 Å². The molecule has 0 saturated heterocycles. The lowest BCUT2D eigenvalue weighted by Gasteiger charge is -2.12. The Kier molecular flexibility index (Phi) is 4.39. The van der Waals surface area contributed by atoms with Gasteiger partial charge in [-0.15, -0.1) is 5.10 Å². The SMILES string of the molecule is CNc1ncc(-c2ccc(-c3cn(C)nn3)cc2)c2cc(NC(=O)C3CC3)ncc12. The van der Waals surface area contributed by atoms with Gasteiger partial charge in [-0.25, -0.2) is 9.97 Å². The smallest absolute Gasteiger partial charge is 0.228 e. The van der Waals surface area contributed by atoms with Crippen molar-refractivity contribution < 1.29 is 4.79 Å². The number of aryl methyl sites for hydroxylation is 1. The van der Waals surface area contributed by atoms with Crippen LogP contribution in [0.25, 0.3) is 33.2 Å². The third kappa shape index (κ3) is 3.36. The van der Waals surface area contributed by atoms with Crippen LogP contribution in [0.3, 0.4) is 0 Å². The van der Waals surface area contributed by atoms with E-state index >= 15 is 0 Å². The van der Waals surface area contributed by atoms with E-state index in [2.05, 4.69) is 30.9 Å². The number of benzene rings is 1. The maximum Gasteiger partial charge on any atom is 0.228 e. The summed E-state index contributed by atoms with van der Waals surface area (Å²) >= 11 is 0. The van der Waals surface area contributed by atoms with Gasteiger partial charge >= 0.3 is 0 Å². The van der Waals surface area contributed by atoms with Gasteiger partial charge in [-0.3, -0.25) is 9.48 Å². The van der Waals surface area contributed by atoms with E-state index in [0.717, 1.165) is 51.8 Å². The van der Waals surface area contributed by atoms with Crippen LogP contribution in [0.2, 0.25) is 0 Å². The van der Waals surface area contributed by atoms with Gasteiger partial charge in [0.25, 0.3) is 0 Å². The first-order valence-electron chi connectivity index (χ1n) is 9.87. The van der Waals surface area contributed by atoms with Crippen molar-refractivity contribution in [3.05, 3.63) is 48.9 Å². The molecule has 2 N–H and O–H groups in total. The number of nitrogens with one attached hydrogen (secondary N) is 2. The molecule has 8 heteroatoms. The number of pyridine rings is 2. The van der Waals surface area contributed by atoms with E-state index in [0.29, 0.717) is 5.82 Å². The fourth-order valence-corrected chi connectivity index (χ4v) is 3.51. The molecule has 4 aromatic rings. The molecule has 5 rings (SSSR count). The number of rotatable bonds is 5. The Morgan fingerprint density at radius 2 is 1.83 bits per heavy atom. The van der Waals surface area contributed by atoms with Crippen LogP contribution in [0, 0.1) is 5.92 Å². The molecule has 0 spiro atoms. The highest BCUT2D eigenvalue weighted by Crippen LogP contribution is 2.34. The van der Waals surface area contributed by atoms with E-state index < -0.39 is 0 Å². The maximum absolute atomic E-state index is 12.2. The highest BCUT2D eigenvalue weighted by Gasteiger charge is 2.29. The van der Waals surface area contributed by atoms with Crippen LogP contribution < -0.4 is 10.6 Å². The summed E-state index contributed by atoms with van der Waals surface area (Å²) in [5.41, 5.74) is 3.81. The summed E-state index contributed by atoms with van der Waals surface area (Å²) in [6.07, 6.45) is 7.40. The summed E-state index contributed by atoms with van der Waals surface area (Å²) in [6, 6.07) is 10.1. The Labute approximate surface area is 173 Å². The van der Waals surface area contributed by atoms with Crippen molar-refractivity contribution in [1.82, 2.24) is 25.0 Å². The molecule has 0 bridgehead atoms. The molecule has 150 valence electrons. The molecule has 1 aliphatic carbocycles. The zero-order valence-corrected chi connectivity index (χ0v) is 16.8. The van der Waals surface area contributed by atoms with E-state index in [1.54, 1.807) is 10.9 Å². The fraction of sp³-hybridized carbons (Fsp3) is 0.227. The predicted molar refractivity (Wildman–Crippen MR) is 116 cm³/mol. The molecule has 3 aromatic heterocycles. The number of carbonyl (C=O) groups is 1. The molecular formula is C22H21N7O. The summed E-state index contributed by atoms with van der Waals surface area (Å²) in [4.78, 5) is 21.2. The zero-order chi connectivity index (χ0) is 20.7. The van der Waals surface area contributed by atoms with Crippen molar-refractivity contribution in [2.24, 2.45) is 13.0 Å². The van der Waals surface area contributed by atoms with Crippen molar-refractivity contribution in [3.63, 3.8) is 0 Å². The lowest BCUT2D eigenvalue weighted by atomic mass is 9.99. The molecule has 0 aliphatic heterocycles. The summed E-state index contributed by atoms with van der Waals surface area (Å²) < 4.78 is 1.68. The van der Waals surface area contributed by atoms with Crippen molar-refractivity contribution in [1.29, 1.82) is 0 Å². The lowest BCUT2D eigenvalue weighted by molar-refractivity contribution is -0.117. The zero-order valence-electron chi connectivity index (χ0n) is 16.8. The average Bonchev–Trinajstić information content (AvgIpc) is 3.54. The molecule has 3 heterocycles. The van der Waals surface area contributed by atoms with Crippen molar-refractivity contribution in [3.8, 4) is 22.4 Å². The highest BCUT2D eigenvalue weighted by atomic mass is 16.2. The van der Waals surface area contributed by atoms with Gasteiger partial charge in [0.15, 0.2) is 0 Å². The number of nitrogens with zero attached hydrogens (tertiary/aromatic N) is 5. The Bertz CT molecular complexity index is 1240.